The van der Waals surface area contributed by atoms with E-state index in [0.29, 0.717) is 5.41 Å². The maximum Gasteiger partial charge on any atom is 0.00922 e. The molecule has 1 nitrogen and oxygen atoms in total. The predicted molar refractivity (Wildman–Crippen MR) is 79.9 cm³/mol. The number of hydrogen-bond donors (Lipinski definition) is 1. The highest BCUT2D eigenvalue weighted by Crippen LogP contribution is 2.48. The molecule has 1 aromatic rings. The average molecular weight is 261 g/mol. The van der Waals surface area contributed by atoms with E-state index in [2.05, 4.69) is 47.5 Å². The van der Waals surface area contributed by atoms with Crippen molar-refractivity contribution in [3.05, 3.63) is 35.9 Å². The number of nitrogens with zero attached hydrogens (tertiary/aromatic N) is 1. The second-order valence-corrected chi connectivity index (χ2v) is 6.70. The van der Waals surface area contributed by atoms with Gasteiger partial charge in [0.25, 0.3) is 0 Å². The molecule has 98 valence electrons. The molecule has 0 aromatic heterocycles. The number of rotatable bonds is 1. The molecule has 1 aromatic carbocycles. The first kappa shape index (κ1) is 12.6. The van der Waals surface area contributed by atoms with Crippen molar-refractivity contribution < 1.29 is 0 Å². The molecule has 0 unspecified atom stereocenters. The van der Waals surface area contributed by atoms with Crippen LogP contribution < -0.4 is 0 Å². The molecular weight excluding hydrogens is 238 g/mol. The Morgan fingerprint density at radius 3 is 2.17 bits per heavy atom. The van der Waals surface area contributed by atoms with Gasteiger partial charge in [0.05, 0.1) is 0 Å². The zero-order chi connectivity index (χ0) is 12.4. The van der Waals surface area contributed by atoms with Gasteiger partial charge in [-0.2, -0.15) is 0 Å². The van der Waals surface area contributed by atoms with Crippen LogP contribution in [-0.4, -0.2) is 17.4 Å². The lowest BCUT2D eigenvalue weighted by Gasteiger charge is -2.45. The molecule has 2 aliphatic rings. The quantitative estimate of drug-likeness (QED) is 0.739. The van der Waals surface area contributed by atoms with Crippen molar-refractivity contribution in [2.75, 3.05) is 13.1 Å². The van der Waals surface area contributed by atoms with E-state index >= 15 is 0 Å². The standard InChI is InChI=1S/C16H23NS/c18-17-12-10-16(11-13-17)8-6-15(7-9-16)14-4-2-1-3-5-14/h1-5,15,18H,6-13H2. The smallest absolute Gasteiger partial charge is 0.00922 e. The lowest BCUT2D eigenvalue weighted by atomic mass is 9.65. The summed E-state index contributed by atoms with van der Waals surface area (Å²) in [7, 11) is 0. The molecule has 2 fully saturated rings. The van der Waals surface area contributed by atoms with Gasteiger partial charge < -0.3 is 0 Å². The summed E-state index contributed by atoms with van der Waals surface area (Å²) in [6, 6.07) is 11.1. The van der Waals surface area contributed by atoms with Gasteiger partial charge in [-0.25, -0.2) is 0 Å². The van der Waals surface area contributed by atoms with Crippen LogP contribution in [0.4, 0.5) is 0 Å². The van der Waals surface area contributed by atoms with Gasteiger partial charge in [0.15, 0.2) is 0 Å². The van der Waals surface area contributed by atoms with Crippen molar-refractivity contribution in [1.82, 2.24) is 4.31 Å². The third kappa shape index (κ3) is 2.60. The summed E-state index contributed by atoms with van der Waals surface area (Å²) in [4.78, 5) is 0. The van der Waals surface area contributed by atoms with E-state index < -0.39 is 0 Å². The molecule has 0 amide bonds. The van der Waals surface area contributed by atoms with Crippen LogP contribution in [0.2, 0.25) is 0 Å². The largest absolute Gasteiger partial charge is 0.253 e. The fourth-order valence-electron chi connectivity index (χ4n) is 3.76. The molecule has 0 atom stereocenters. The van der Waals surface area contributed by atoms with E-state index in [1.165, 1.54) is 51.6 Å². The van der Waals surface area contributed by atoms with Gasteiger partial charge in [0.1, 0.15) is 0 Å². The lowest BCUT2D eigenvalue weighted by Crippen LogP contribution is -2.38. The number of thiol groups is 1. The Balaban J connectivity index is 1.61. The highest BCUT2D eigenvalue weighted by atomic mass is 32.1. The highest BCUT2D eigenvalue weighted by Gasteiger charge is 2.37. The van der Waals surface area contributed by atoms with Gasteiger partial charge in [-0.15, -0.1) is 0 Å². The van der Waals surface area contributed by atoms with E-state index in [0.717, 1.165) is 5.92 Å². The SMILES string of the molecule is SN1CCC2(CCC(c3ccccc3)CC2)CC1. The molecule has 1 aliphatic carbocycles. The van der Waals surface area contributed by atoms with Crippen molar-refractivity contribution >= 4 is 12.8 Å². The Morgan fingerprint density at radius 1 is 0.944 bits per heavy atom. The van der Waals surface area contributed by atoms with Crippen LogP contribution in [0.5, 0.6) is 0 Å². The summed E-state index contributed by atoms with van der Waals surface area (Å²) in [6.07, 6.45) is 8.34. The van der Waals surface area contributed by atoms with Gasteiger partial charge >= 0.3 is 0 Å². The topological polar surface area (TPSA) is 3.24 Å². The van der Waals surface area contributed by atoms with Crippen LogP contribution in [0.1, 0.15) is 50.0 Å². The molecule has 18 heavy (non-hydrogen) atoms. The molecule has 1 saturated heterocycles. The zero-order valence-corrected chi connectivity index (χ0v) is 11.9. The van der Waals surface area contributed by atoms with E-state index in [9.17, 15) is 0 Å². The normalized spacial score (nSPS) is 25.4. The minimum Gasteiger partial charge on any atom is -0.253 e. The molecule has 0 bridgehead atoms. The number of benzene rings is 1. The summed E-state index contributed by atoms with van der Waals surface area (Å²) in [5.41, 5.74) is 2.21. The fourth-order valence-corrected chi connectivity index (χ4v) is 3.96. The Bertz CT molecular complexity index is 371. The third-order valence-corrected chi connectivity index (χ3v) is 5.52. The summed E-state index contributed by atoms with van der Waals surface area (Å²) >= 11 is 4.47. The Kier molecular flexibility index (Phi) is 3.67. The minimum atomic E-state index is 0.657. The van der Waals surface area contributed by atoms with Gasteiger partial charge in [-0.05, 0) is 55.4 Å². The third-order valence-electron chi connectivity index (χ3n) is 5.12. The summed E-state index contributed by atoms with van der Waals surface area (Å²) in [6.45, 7) is 2.36. The average Bonchev–Trinajstić information content (AvgIpc) is 2.44. The van der Waals surface area contributed by atoms with Crippen molar-refractivity contribution in [3.8, 4) is 0 Å². The first-order valence-electron chi connectivity index (χ1n) is 7.26. The van der Waals surface area contributed by atoms with Gasteiger partial charge in [-0.3, -0.25) is 4.31 Å². The van der Waals surface area contributed by atoms with Crippen LogP contribution in [0.3, 0.4) is 0 Å². The first-order chi connectivity index (χ1) is 8.77. The van der Waals surface area contributed by atoms with E-state index in [4.69, 9.17) is 0 Å². The number of hydrogen-bond acceptors (Lipinski definition) is 2. The Labute approximate surface area is 116 Å². The van der Waals surface area contributed by atoms with E-state index in [-0.39, 0.29) is 0 Å². The van der Waals surface area contributed by atoms with Crippen molar-refractivity contribution in [3.63, 3.8) is 0 Å². The van der Waals surface area contributed by atoms with Gasteiger partial charge in [0, 0.05) is 13.1 Å². The molecule has 1 heterocycles. The molecule has 2 heteroatoms. The molecule has 0 radical (unpaired) electrons. The Morgan fingerprint density at radius 2 is 1.56 bits per heavy atom. The van der Waals surface area contributed by atoms with Crippen LogP contribution in [0.15, 0.2) is 30.3 Å². The van der Waals surface area contributed by atoms with Crippen LogP contribution in [0.25, 0.3) is 0 Å². The van der Waals surface area contributed by atoms with Crippen LogP contribution in [0, 0.1) is 5.41 Å². The lowest BCUT2D eigenvalue weighted by molar-refractivity contribution is 0.0987. The first-order valence-corrected chi connectivity index (χ1v) is 7.66. The highest BCUT2D eigenvalue weighted by molar-refractivity contribution is 7.77. The second-order valence-electron chi connectivity index (χ2n) is 6.14. The fraction of sp³-hybridized carbons (Fsp3) is 0.625. The summed E-state index contributed by atoms with van der Waals surface area (Å²) in [5.74, 6) is 0.811. The maximum atomic E-state index is 4.47. The second kappa shape index (κ2) is 5.26. The predicted octanol–water partition coefficient (Wildman–Crippen LogP) is 4.27. The molecule has 1 aliphatic heterocycles. The van der Waals surface area contributed by atoms with Crippen molar-refractivity contribution in [2.45, 2.75) is 44.4 Å². The Hall–Kier alpha value is -0.470. The molecule has 0 N–H and O–H groups in total. The van der Waals surface area contributed by atoms with E-state index in [1.807, 2.05) is 0 Å². The van der Waals surface area contributed by atoms with Crippen molar-refractivity contribution in [1.29, 1.82) is 0 Å². The monoisotopic (exact) mass is 261 g/mol. The summed E-state index contributed by atoms with van der Waals surface area (Å²) < 4.78 is 2.19. The van der Waals surface area contributed by atoms with Crippen molar-refractivity contribution in [2.24, 2.45) is 5.41 Å². The molecule has 3 rings (SSSR count). The summed E-state index contributed by atoms with van der Waals surface area (Å²) in [5, 5.41) is 0. The zero-order valence-electron chi connectivity index (χ0n) is 11.0. The molecular formula is C16H23NS. The van der Waals surface area contributed by atoms with Crippen LogP contribution >= 0.6 is 12.8 Å². The minimum absolute atomic E-state index is 0.657. The number of piperidine rings is 1. The van der Waals surface area contributed by atoms with E-state index in [1.54, 1.807) is 5.56 Å². The van der Waals surface area contributed by atoms with Gasteiger partial charge in [0.2, 0.25) is 0 Å². The molecule has 1 spiro atoms. The van der Waals surface area contributed by atoms with Gasteiger partial charge in [-0.1, -0.05) is 43.1 Å². The molecule has 1 saturated carbocycles. The maximum absolute atomic E-state index is 4.47. The van der Waals surface area contributed by atoms with Crippen LogP contribution in [-0.2, 0) is 0 Å².